The van der Waals surface area contributed by atoms with Crippen LogP contribution >= 0.6 is 0 Å². The van der Waals surface area contributed by atoms with Gasteiger partial charge in [-0.1, -0.05) is 49.2 Å². The standard InChI is InChI=1S/C38H31FN4O.Pt/c1-4-5-9-27-18-25(2)38(26(3)19-27)28-23-41-42(24-28)30-10-8-11-31(21-30)44-32-14-15-34-33-12-6-7-13-35(33)43(36(34)22-32)37-20-29(39)16-17-40-37;/h6-8,10-20,23-24H,4-5,9H2,1-3H3;/q-2;+2. The third-order valence-electron chi connectivity index (χ3n) is 8.00. The summed E-state index contributed by atoms with van der Waals surface area (Å²) >= 11 is 0. The minimum Gasteiger partial charge on any atom is -0.509 e. The maximum absolute atomic E-state index is 14.2. The Labute approximate surface area is 276 Å². The Hall–Kier alpha value is -4.54. The zero-order valence-electron chi connectivity index (χ0n) is 25.3. The van der Waals surface area contributed by atoms with Crippen LogP contribution in [0.2, 0.25) is 0 Å². The van der Waals surface area contributed by atoms with Crippen molar-refractivity contribution in [1.82, 2.24) is 19.3 Å². The van der Waals surface area contributed by atoms with Crippen LogP contribution in [0.4, 0.5) is 4.39 Å². The maximum atomic E-state index is 14.2. The molecule has 3 aromatic heterocycles. The molecule has 0 unspecified atom stereocenters. The van der Waals surface area contributed by atoms with Gasteiger partial charge in [0.2, 0.25) is 0 Å². The molecule has 0 amide bonds. The quantitative estimate of drug-likeness (QED) is 0.145. The Bertz CT molecular complexity index is 2120. The molecule has 7 heteroatoms. The molecule has 0 N–H and O–H groups in total. The Morgan fingerprint density at radius 3 is 2.47 bits per heavy atom. The molecular weight excluding hydrogens is 743 g/mol. The number of hydrogen-bond donors (Lipinski definition) is 0. The largest absolute Gasteiger partial charge is 2.00 e. The molecular formula is C38H31FN4OPt. The van der Waals surface area contributed by atoms with Crippen molar-refractivity contribution in [3.8, 4) is 34.1 Å². The molecule has 0 bridgehead atoms. The molecule has 0 fully saturated rings. The number of para-hydroxylation sites is 1. The smallest absolute Gasteiger partial charge is 0.509 e. The van der Waals surface area contributed by atoms with Crippen LogP contribution in [0, 0.1) is 31.8 Å². The van der Waals surface area contributed by atoms with E-state index in [-0.39, 0.29) is 26.9 Å². The van der Waals surface area contributed by atoms with E-state index >= 15 is 0 Å². The first kappa shape index (κ1) is 30.5. The van der Waals surface area contributed by atoms with Crippen LogP contribution in [0.25, 0.3) is 44.4 Å². The second-order valence-corrected chi connectivity index (χ2v) is 11.2. The van der Waals surface area contributed by atoms with E-state index in [1.807, 2.05) is 76.2 Å². The van der Waals surface area contributed by atoms with Crippen molar-refractivity contribution in [2.24, 2.45) is 0 Å². The van der Waals surface area contributed by atoms with E-state index in [0.717, 1.165) is 39.5 Å². The molecule has 226 valence electrons. The van der Waals surface area contributed by atoms with E-state index in [0.29, 0.717) is 17.3 Å². The average molecular weight is 774 g/mol. The summed E-state index contributed by atoms with van der Waals surface area (Å²) in [6, 6.07) is 31.7. The minimum absolute atomic E-state index is 0. The molecule has 5 nitrogen and oxygen atoms in total. The van der Waals surface area contributed by atoms with E-state index in [4.69, 9.17) is 4.74 Å². The summed E-state index contributed by atoms with van der Waals surface area (Å²) in [4.78, 5) is 4.44. The van der Waals surface area contributed by atoms with Gasteiger partial charge in [0.05, 0.1) is 6.20 Å². The predicted molar refractivity (Wildman–Crippen MR) is 173 cm³/mol. The van der Waals surface area contributed by atoms with E-state index in [1.165, 1.54) is 53.4 Å². The summed E-state index contributed by atoms with van der Waals surface area (Å²) in [7, 11) is 0. The molecule has 0 aliphatic heterocycles. The molecule has 45 heavy (non-hydrogen) atoms. The van der Waals surface area contributed by atoms with Crippen molar-refractivity contribution in [1.29, 1.82) is 0 Å². The molecule has 7 rings (SSSR count). The fourth-order valence-electron chi connectivity index (χ4n) is 6.05. The molecule has 0 aliphatic rings. The number of pyridine rings is 1. The van der Waals surface area contributed by atoms with E-state index in [2.05, 4.69) is 55.1 Å². The zero-order valence-corrected chi connectivity index (χ0v) is 27.5. The van der Waals surface area contributed by atoms with Gasteiger partial charge in [-0.15, -0.1) is 35.7 Å². The number of fused-ring (bicyclic) bond motifs is 3. The van der Waals surface area contributed by atoms with Crippen LogP contribution in [0.5, 0.6) is 11.5 Å². The van der Waals surface area contributed by atoms with Crippen molar-refractivity contribution in [2.45, 2.75) is 40.0 Å². The summed E-state index contributed by atoms with van der Waals surface area (Å²) in [6.07, 6.45) is 8.91. The number of ether oxygens (including phenoxy) is 1. The first-order valence-corrected chi connectivity index (χ1v) is 14.9. The van der Waals surface area contributed by atoms with Gasteiger partial charge in [0.25, 0.3) is 0 Å². The van der Waals surface area contributed by atoms with Crippen LogP contribution in [0.15, 0.2) is 97.5 Å². The summed E-state index contributed by atoms with van der Waals surface area (Å²) in [5.74, 6) is 1.18. The number of benzene rings is 4. The van der Waals surface area contributed by atoms with Crippen LogP contribution < -0.4 is 4.74 Å². The molecule has 3 heterocycles. The van der Waals surface area contributed by atoms with Gasteiger partial charge in [-0.3, -0.25) is 4.68 Å². The minimum atomic E-state index is -0.351. The third kappa shape index (κ3) is 5.95. The predicted octanol–water partition coefficient (Wildman–Crippen LogP) is 9.52. The Morgan fingerprint density at radius 1 is 0.867 bits per heavy atom. The van der Waals surface area contributed by atoms with Crippen molar-refractivity contribution in [2.75, 3.05) is 0 Å². The van der Waals surface area contributed by atoms with Crippen molar-refractivity contribution >= 4 is 21.8 Å². The van der Waals surface area contributed by atoms with Gasteiger partial charge in [0, 0.05) is 41.0 Å². The summed E-state index contributed by atoms with van der Waals surface area (Å²) in [6.45, 7) is 6.57. The zero-order chi connectivity index (χ0) is 30.2. The molecule has 0 radical (unpaired) electrons. The number of halogens is 1. The summed E-state index contributed by atoms with van der Waals surface area (Å²) in [5.41, 5.74) is 8.62. The fourth-order valence-corrected chi connectivity index (χ4v) is 6.05. The molecule has 0 spiro atoms. The van der Waals surface area contributed by atoms with E-state index in [1.54, 1.807) is 0 Å². The van der Waals surface area contributed by atoms with Crippen LogP contribution in [0.3, 0.4) is 0 Å². The maximum Gasteiger partial charge on any atom is 2.00 e. The van der Waals surface area contributed by atoms with Gasteiger partial charge in [0.15, 0.2) is 0 Å². The Kier molecular flexibility index (Phi) is 8.69. The monoisotopic (exact) mass is 773 g/mol. The van der Waals surface area contributed by atoms with Gasteiger partial charge >= 0.3 is 21.1 Å². The second-order valence-electron chi connectivity index (χ2n) is 11.2. The topological polar surface area (TPSA) is 44.9 Å². The second kappa shape index (κ2) is 12.8. The van der Waals surface area contributed by atoms with Crippen LogP contribution in [0.1, 0.15) is 36.5 Å². The van der Waals surface area contributed by atoms with Gasteiger partial charge in [-0.2, -0.15) is 17.2 Å². The van der Waals surface area contributed by atoms with Gasteiger partial charge in [0.1, 0.15) is 11.6 Å². The Balaban J connectivity index is 0.00000357. The van der Waals surface area contributed by atoms with Gasteiger partial charge < -0.3 is 9.30 Å². The van der Waals surface area contributed by atoms with Crippen LogP contribution in [-0.4, -0.2) is 19.3 Å². The molecule has 0 saturated carbocycles. The molecule has 4 aromatic carbocycles. The molecule has 0 aliphatic carbocycles. The number of nitrogens with zero attached hydrogens (tertiary/aromatic N) is 4. The average Bonchev–Trinajstić information content (AvgIpc) is 3.63. The van der Waals surface area contributed by atoms with Gasteiger partial charge in [-0.05, 0) is 72.1 Å². The third-order valence-corrected chi connectivity index (χ3v) is 8.00. The van der Waals surface area contributed by atoms with E-state index in [9.17, 15) is 4.39 Å². The first-order valence-electron chi connectivity index (χ1n) is 14.9. The first-order chi connectivity index (χ1) is 21.5. The summed E-state index contributed by atoms with van der Waals surface area (Å²) < 4.78 is 24.2. The number of aryl methyl sites for hydroxylation is 3. The van der Waals surface area contributed by atoms with Crippen molar-refractivity contribution in [3.05, 3.63) is 132 Å². The Morgan fingerprint density at radius 2 is 1.67 bits per heavy atom. The molecule has 0 atom stereocenters. The van der Waals surface area contributed by atoms with Gasteiger partial charge in [-0.25, -0.2) is 9.37 Å². The van der Waals surface area contributed by atoms with Crippen molar-refractivity contribution < 1.29 is 30.2 Å². The van der Waals surface area contributed by atoms with Crippen molar-refractivity contribution in [3.63, 3.8) is 0 Å². The van der Waals surface area contributed by atoms with E-state index < -0.39 is 0 Å². The number of aromatic nitrogens is 4. The fraction of sp³-hybridized carbons (Fsp3) is 0.158. The molecule has 0 saturated heterocycles. The SMILES string of the molecule is CCCCc1cc(C)c(-c2cnn(-c3[c-]c(Oc4[c-]c5c(cc4)c4ccccc4n5-c4cc(F)ccn4)ccc3)c2)c(C)c1.[Pt+2]. The number of unbranched alkanes of at least 4 members (excludes halogenated alkanes) is 1. The number of hydrogen-bond acceptors (Lipinski definition) is 3. The molecule has 7 aromatic rings. The normalized spacial score (nSPS) is 11.2. The summed E-state index contributed by atoms with van der Waals surface area (Å²) in [5, 5.41) is 6.67. The van der Waals surface area contributed by atoms with Crippen LogP contribution in [-0.2, 0) is 27.5 Å². The number of rotatable bonds is 8.